The third-order valence-corrected chi connectivity index (χ3v) is 1.76. The minimum atomic E-state index is -0.322. The molecular weight excluding hydrogens is 142 g/mol. The van der Waals surface area contributed by atoms with Gasteiger partial charge in [0.1, 0.15) is 0 Å². The Kier molecular flexibility index (Phi) is 2.69. The molecule has 4 nitrogen and oxygen atoms in total. The van der Waals surface area contributed by atoms with E-state index in [9.17, 15) is 4.79 Å². The van der Waals surface area contributed by atoms with Gasteiger partial charge >= 0.3 is 0 Å². The highest BCUT2D eigenvalue weighted by molar-refractivity contribution is 5.79. The van der Waals surface area contributed by atoms with Crippen molar-refractivity contribution in [3.05, 3.63) is 22.6 Å². The lowest BCUT2D eigenvalue weighted by Crippen LogP contribution is -2.12. The molecule has 1 aliphatic carbocycles. The van der Waals surface area contributed by atoms with Crippen LogP contribution in [0.4, 0.5) is 0 Å². The fourth-order valence-electron chi connectivity index (χ4n) is 1.14. The van der Waals surface area contributed by atoms with Gasteiger partial charge in [-0.2, -0.15) is 0 Å². The maximum absolute atomic E-state index is 10.9. The van der Waals surface area contributed by atoms with Gasteiger partial charge in [-0.25, -0.2) is 0 Å². The molecule has 0 aromatic rings. The molecule has 4 heteroatoms. The number of carbonyl (C=O) groups excluding carboxylic acids is 1. The highest BCUT2D eigenvalue weighted by Crippen LogP contribution is 2.19. The molecule has 1 amide bonds. The number of hydrogen-bond donors (Lipinski definition) is 0. The van der Waals surface area contributed by atoms with Crippen LogP contribution in [0.5, 0.6) is 0 Å². The first-order valence-electron chi connectivity index (χ1n) is 3.58. The van der Waals surface area contributed by atoms with Crippen LogP contribution in [0.3, 0.4) is 0 Å². The molecule has 0 heterocycles. The quantitative estimate of drug-likeness (QED) is 0.245. The van der Waals surface area contributed by atoms with Crippen LogP contribution >= 0.6 is 0 Å². The first-order chi connectivity index (χ1) is 5.34. The molecule has 0 saturated carbocycles. The first kappa shape index (κ1) is 7.82. The van der Waals surface area contributed by atoms with Crippen LogP contribution < -0.4 is 0 Å². The third kappa shape index (κ3) is 2.09. The molecule has 0 saturated heterocycles. The van der Waals surface area contributed by atoms with Crippen molar-refractivity contribution in [2.24, 2.45) is 11.0 Å². The molecule has 0 radical (unpaired) electrons. The average Bonchev–Trinajstić information content (AvgIpc) is 2.07. The molecule has 0 unspecified atom stereocenters. The van der Waals surface area contributed by atoms with Gasteiger partial charge in [-0.3, -0.25) is 4.79 Å². The normalized spacial score (nSPS) is 22.4. The van der Waals surface area contributed by atoms with E-state index in [2.05, 4.69) is 10.0 Å². The SMILES string of the molecule is [N-]=[N+]=NC(=O)[C@@H]1CC=CCC1. The molecule has 58 valence electrons. The zero-order valence-corrected chi connectivity index (χ0v) is 6.10. The highest BCUT2D eigenvalue weighted by Gasteiger charge is 2.16. The maximum atomic E-state index is 10.9. The van der Waals surface area contributed by atoms with E-state index in [1.165, 1.54) is 0 Å². The van der Waals surface area contributed by atoms with Gasteiger partial charge in [-0.1, -0.05) is 12.2 Å². The van der Waals surface area contributed by atoms with Crippen molar-refractivity contribution < 1.29 is 4.79 Å². The number of nitrogens with zero attached hydrogens (tertiary/aromatic N) is 3. The van der Waals surface area contributed by atoms with Gasteiger partial charge in [0.25, 0.3) is 0 Å². The van der Waals surface area contributed by atoms with E-state index < -0.39 is 0 Å². The van der Waals surface area contributed by atoms with E-state index in [1.54, 1.807) is 0 Å². The Labute approximate surface area is 64.5 Å². The maximum Gasteiger partial charge on any atom is 0.222 e. The van der Waals surface area contributed by atoms with E-state index >= 15 is 0 Å². The molecule has 1 aliphatic rings. The number of amides is 1. The summed E-state index contributed by atoms with van der Waals surface area (Å²) in [5, 5.41) is 3.06. The minimum Gasteiger partial charge on any atom is -0.292 e. The lowest BCUT2D eigenvalue weighted by Gasteiger charge is -2.12. The van der Waals surface area contributed by atoms with Gasteiger partial charge in [0.05, 0.1) is 0 Å². The molecule has 0 bridgehead atoms. The van der Waals surface area contributed by atoms with Gasteiger partial charge in [-0.15, -0.1) is 0 Å². The Morgan fingerprint density at radius 3 is 3.00 bits per heavy atom. The summed E-state index contributed by atoms with van der Waals surface area (Å²) in [7, 11) is 0. The van der Waals surface area contributed by atoms with Crippen molar-refractivity contribution in [1.29, 1.82) is 0 Å². The molecule has 0 aromatic carbocycles. The summed E-state index contributed by atoms with van der Waals surface area (Å²) in [6.45, 7) is 0. The molecule has 0 spiro atoms. The van der Waals surface area contributed by atoms with Crippen molar-refractivity contribution in [2.45, 2.75) is 19.3 Å². The molecule has 1 rings (SSSR count). The molecule has 11 heavy (non-hydrogen) atoms. The molecular formula is C7H9N3O. The lowest BCUT2D eigenvalue weighted by molar-refractivity contribution is -0.121. The fourth-order valence-corrected chi connectivity index (χ4v) is 1.14. The summed E-state index contributed by atoms with van der Waals surface area (Å²) in [4.78, 5) is 13.4. The molecule has 0 N–H and O–H groups in total. The van der Waals surface area contributed by atoms with Crippen LogP contribution in [0.15, 0.2) is 17.3 Å². The van der Waals surface area contributed by atoms with E-state index in [0.29, 0.717) is 0 Å². The Hall–Kier alpha value is -1.28. The fraction of sp³-hybridized carbons (Fsp3) is 0.571. The van der Waals surface area contributed by atoms with Gasteiger partial charge in [-0.05, 0) is 29.9 Å². The lowest BCUT2D eigenvalue weighted by atomic mass is 9.94. The van der Waals surface area contributed by atoms with Crippen molar-refractivity contribution in [3.63, 3.8) is 0 Å². The number of hydrogen-bond acceptors (Lipinski definition) is 1. The van der Waals surface area contributed by atoms with Crippen molar-refractivity contribution in [1.82, 2.24) is 0 Å². The van der Waals surface area contributed by atoms with Crippen molar-refractivity contribution in [3.8, 4) is 0 Å². The predicted molar refractivity (Wildman–Crippen MR) is 40.6 cm³/mol. The van der Waals surface area contributed by atoms with Crippen molar-refractivity contribution >= 4 is 5.91 Å². The standard InChI is InChI=1S/C7H9N3O/c8-10-9-7(11)6-4-2-1-3-5-6/h1-2,6H,3-5H2/t6-/m1/s1. The Morgan fingerprint density at radius 1 is 1.64 bits per heavy atom. The summed E-state index contributed by atoms with van der Waals surface area (Å²) in [5.74, 6) is -0.396. The second kappa shape index (κ2) is 3.78. The van der Waals surface area contributed by atoms with E-state index in [0.717, 1.165) is 19.3 Å². The second-order valence-electron chi connectivity index (χ2n) is 2.51. The topological polar surface area (TPSA) is 65.8 Å². The highest BCUT2D eigenvalue weighted by atomic mass is 16.1. The smallest absolute Gasteiger partial charge is 0.222 e. The van der Waals surface area contributed by atoms with Gasteiger partial charge < -0.3 is 0 Å². The number of carbonyl (C=O) groups is 1. The summed E-state index contributed by atoms with van der Waals surface area (Å²) >= 11 is 0. The van der Waals surface area contributed by atoms with Crippen LogP contribution in [0.25, 0.3) is 10.4 Å². The van der Waals surface area contributed by atoms with Crippen LogP contribution in [0, 0.1) is 5.92 Å². The summed E-state index contributed by atoms with van der Waals surface area (Å²) in [6.07, 6.45) is 6.45. The Bertz CT molecular complexity index is 228. The monoisotopic (exact) mass is 151 g/mol. The molecule has 1 atom stereocenters. The Morgan fingerprint density at radius 2 is 2.45 bits per heavy atom. The second-order valence-corrected chi connectivity index (χ2v) is 2.51. The Balaban J connectivity index is 2.53. The van der Waals surface area contributed by atoms with E-state index in [1.807, 2.05) is 12.2 Å². The first-order valence-corrected chi connectivity index (χ1v) is 3.58. The summed E-state index contributed by atoms with van der Waals surface area (Å²) in [5.41, 5.74) is 7.99. The van der Waals surface area contributed by atoms with Gasteiger partial charge in [0, 0.05) is 10.8 Å². The number of allylic oxidation sites excluding steroid dienone is 2. The van der Waals surface area contributed by atoms with Crippen molar-refractivity contribution in [2.75, 3.05) is 0 Å². The zero-order valence-electron chi connectivity index (χ0n) is 6.10. The predicted octanol–water partition coefficient (Wildman–Crippen LogP) is 2.18. The van der Waals surface area contributed by atoms with Crippen LogP contribution in [-0.4, -0.2) is 5.91 Å². The van der Waals surface area contributed by atoms with Gasteiger partial charge in [0.2, 0.25) is 5.91 Å². The number of azide groups is 1. The molecule has 0 aromatic heterocycles. The van der Waals surface area contributed by atoms with E-state index in [-0.39, 0.29) is 11.8 Å². The molecule has 0 fully saturated rings. The van der Waals surface area contributed by atoms with Crippen LogP contribution in [0.2, 0.25) is 0 Å². The number of rotatable bonds is 1. The minimum absolute atomic E-state index is 0.0732. The average molecular weight is 151 g/mol. The van der Waals surface area contributed by atoms with Gasteiger partial charge in [0.15, 0.2) is 0 Å². The third-order valence-electron chi connectivity index (χ3n) is 1.76. The van der Waals surface area contributed by atoms with Crippen LogP contribution in [0.1, 0.15) is 19.3 Å². The van der Waals surface area contributed by atoms with E-state index in [4.69, 9.17) is 5.53 Å². The largest absolute Gasteiger partial charge is 0.292 e. The summed E-state index contributed by atoms with van der Waals surface area (Å²) < 4.78 is 0. The van der Waals surface area contributed by atoms with Crippen LogP contribution in [-0.2, 0) is 4.79 Å². The summed E-state index contributed by atoms with van der Waals surface area (Å²) in [6, 6.07) is 0. The zero-order chi connectivity index (χ0) is 8.10. The molecule has 0 aliphatic heterocycles.